The predicted molar refractivity (Wildman–Crippen MR) is 51.4 cm³/mol. The summed E-state index contributed by atoms with van der Waals surface area (Å²) in [7, 11) is 1.66. The molecule has 1 aromatic rings. The summed E-state index contributed by atoms with van der Waals surface area (Å²) in [5.74, 6) is 5.95. The van der Waals surface area contributed by atoms with Crippen LogP contribution >= 0.6 is 0 Å². The molecule has 0 aliphatic heterocycles. The molecule has 1 unspecified atom stereocenters. The van der Waals surface area contributed by atoms with Crippen molar-refractivity contribution in [3.63, 3.8) is 0 Å². The van der Waals surface area contributed by atoms with Gasteiger partial charge in [-0.25, -0.2) is 5.90 Å². The maximum atomic E-state index is 5.19. The van der Waals surface area contributed by atoms with Gasteiger partial charge in [0.25, 0.3) is 0 Å². The molecule has 0 aliphatic carbocycles. The topological polar surface area (TPSA) is 44.5 Å². The lowest BCUT2D eigenvalue weighted by Gasteiger charge is -2.11. The summed E-state index contributed by atoms with van der Waals surface area (Å²) in [4.78, 5) is 4.70. The zero-order valence-corrected chi connectivity index (χ0v) is 7.99. The summed E-state index contributed by atoms with van der Waals surface area (Å²) >= 11 is 0. The molecule has 1 atom stereocenters. The Balaban J connectivity index is 2.74. The van der Waals surface area contributed by atoms with Crippen molar-refractivity contribution in [2.45, 2.75) is 19.4 Å². The zero-order valence-electron chi connectivity index (χ0n) is 7.99. The third-order valence-electron chi connectivity index (χ3n) is 1.93. The fourth-order valence-corrected chi connectivity index (χ4v) is 1.23. The van der Waals surface area contributed by atoms with Crippen LogP contribution in [-0.4, -0.2) is 13.2 Å². The summed E-state index contributed by atoms with van der Waals surface area (Å²) in [5.41, 5.74) is 1.11. The molecule has 0 aliphatic rings. The molecular formula is C10H15NO2. The van der Waals surface area contributed by atoms with Crippen molar-refractivity contribution >= 4 is 0 Å². The van der Waals surface area contributed by atoms with Crippen molar-refractivity contribution in [2.24, 2.45) is 5.90 Å². The molecule has 0 aromatic heterocycles. The summed E-state index contributed by atoms with van der Waals surface area (Å²) < 4.78 is 5.19. The van der Waals surface area contributed by atoms with E-state index in [9.17, 15) is 0 Å². The van der Waals surface area contributed by atoms with E-state index in [1.807, 2.05) is 31.2 Å². The van der Waals surface area contributed by atoms with Crippen LogP contribution in [0.3, 0.4) is 0 Å². The molecule has 72 valence electrons. The van der Waals surface area contributed by atoms with Gasteiger partial charge in [-0.15, -0.1) is 0 Å². The van der Waals surface area contributed by atoms with Gasteiger partial charge in [0, 0.05) is 6.42 Å². The minimum Gasteiger partial charge on any atom is -0.496 e. The fraction of sp³-hybridized carbons (Fsp3) is 0.400. The molecule has 1 aromatic carbocycles. The van der Waals surface area contributed by atoms with Gasteiger partial charge in [0.2, 0.25) is 0 Å². The van der Waals surface area contributed by atoms with Crippen molar-refractivity contribution in [1.82, 2.24) is 0 Å². The largest absolute Gasteiger partial charge is 0.496 e. The zero-order chi connectivity index (χ0) is 9.68. The highest BCUT2D eigenvalue weighted by Crippen LogP contribution is 2.19. The quantitative estimate of drug-likeness (QED) is 0.716. The standard InChI is InChI=1S/C10H15NO2/c1-8(13-11)7-9-5-3-4-6-10(9)12-2/h3-6,8H,7,11H2,1-2H3. The molecule has 0 heterocycles. The Kier molecular flexibility index (Phi) is 3.73. The number of methoxy groups -OCH3 is 1. The number of hydrogen-bond acceptors (Lipinski definition) is 3. The first-order valence-corrected chi connectivity index (χ1v) is 4.25. The lowest BCUT2D eigenvalue weighted by atomic mass is 10.1. The molecule has 13 heavy (non-hydrogen) atoms. The van der Waals surface area contributed by atoms with Crippen LogP contribution in [0.2, 0.25) is 0 Å². The van der Waals surface area contributed by atoms with Gasteiger partial charge in [-0.05, 0) is 18.6 Å². The minimum absolute atomic E-state index is 0.0105. The molecule has 3 nitrogen and oxygen atoms in total. The van der Waals surface area contributed by atoms with Gasteiger partial charge in [0.05, 0.1) is 13.2 Å². The Bertz CT molecular complexity index is 263. The Morgan fingerprint density at radius 2 is 2.08 bits per heavy atom. The molecule has 0 saturated carbocycles. The maximum Gasteiger partial charge on any atom is 0.122 e. The van der Waals surface area contributed by atoms with E-state index < -0.39 is 0 Å². The average molecular weight is 181 g/mol. The van der Waals surface area contributed by atoms with Gasteiger partial charge in [0.1, 0.15) is 5.75 Å². The SMILES string of the molecule is COc1ccccc1CC(C)ON. The first-order valence-electron chi connectivity index (χ1n) is 4.25. The van der Waals surface area contributed by atoms with Crippen molar-refractivity contribution in [2.75, 3.05) is 7.11 Å². The number of ether oxygens (including phenoxy) is 1. The molecule has 1 rings (SSSR count). The second-order valence-electron chi connectivity index (χ2n) is 2.96. The lowest BCUT2D eigenvalue weighted by Crippen LogP contribution is -2.16. The van der Waals surface area contributed by atoms with E-state index in [1.165, 1.54) is 0 Å². The second kappa shape index (κ2) is 4.84. The van der Waals surface area contributed by atoms with Crippen LogP contribution in [0.1, 0.15) is 12.5 Å². The summed E-state index contributed by atoms with van der Waals surface area (Å²) in [6, 6.07) is 7.85. The Hall–Kier alpha value is -1.06. The summed E-state index contributed by atoms with van der Waals surface area (Å²) in [5, 5.41) is 0. The smallest absolute Gasteiger partial charge is 0.122 e. The van der Waals surface area contributed by atoms with E-state index >= 15 is 0 Å². The van der Waals surface area contributed by atoms with Gasteiger partial charge >= 0.3 is 0 Å². The van der Waals surface area contributed by atoms with Crippen LogP contribution in [0.25, 0.3) is 0 Å². The normalized spacial score (nSPS) is 12.5. The van der Waals surface area contributed by atoms with Gasteiger partial charge in [-0.2, -0.15) is 0 Å². The minimum atomic E-state index is 0.0105. The summed E-state index contributed by atoms with van der Waals surface area (Å²) in [6.45, 7) is 1.92. The number of rotatable bonds is 4. The van der Waals surface area contributed by atoms with Crippen molar-refractivity contribution in [3.8, 4) is 5.75 Å². The predicted octanol–water partition coefficient (Wildman–Crippen LogP) is 1.52. The number of para-hydroxylation sites is 1. The van der Waals surface area contributed by atoms with Gasteiger partial charge < -0.3 is 9.57 Å². The van der Waals surface area contributed by atoms with Crippen molar-refractivity contribution in [3.05, 3.63) is 29.8 Å². The molecule has 0 saturated heterocycles. The van der Waals surface area contributed by atoms with E-state index in [0.29, 0.717) is 0 Å². The number of hydrogen-bond donors (Lipinski definition) is 1. The van der Waals surface area contributed by atoms with E-state index in [4.69, 9.17) is 15.5 Å². The van der Waals surface area contributed by atoms with Crippen LogP contribution < -0.4 is 10.6 Å². The van der Waals surface area contributed by atoms with Crippen LogP contribution in [0, 0.1) is 0 Å². The third-order valence-corrected chi connectivity index (χ3v) is 1.93. The first-order chi connectivity index (χ1) is 6.27. The van der Waals surface area contributed by atoms with Crippen molar-refractivity contribution in [1.29, 1.82) is 0 Å². The highest BCUT2D eigenvalue weighted by atomic mass is 16.6. The molecule has 3 heteroatoms. The van der Waals surface area contributed by atoms with Gasteiger partial charge in [-0.1, -0.05) is 18.2 Å². The van der Waals surface area contributed by atoms with Gasteiger partial charge in [-0.3, -0.25) is 0 Å². The summed E-state index contributed by atoms with van der Waals surface area (Å²) in [6.07, 6.45) is 0.775. The maximum absolute atomic E-state index is 5.19. The third kappa shape index (κ3) is 2.72. The van der Waals surface area contributed by atoms with E-state index in [-0.39, 0.29) is 6.10 Å². The van der Waals surface area contributed by atoms with E-state index in [0.717, 1.165) is 17.7 Å². The second-order valence-corrected chi connectivity index (χ2v) is 2.96. The highest BCUT2D eigenvalue weighted by Gasteiger charge is 2.06. The lowest BCUT2D eigenvalue weighted by molar-refractivity contribution is 0.0666. The van der Waals surface area contributed by atoms with E-state index in [2.05, 4.69) is 0 Å². The Labute approximate surface area is 78.4 Å². The van der Waals surface area contributed by atoms with Crippen LogP contribution in [0.15, 0.2) is 24.3 Å². The molecule has 0 radical (unpaired) electrons. The highest BCUT2D eigenvalue weighted by molar-refractivity contribution is 5.33. The Morgan fingerprint density at radius 3 is 2.69 bits per heavy atom. The van der Waals surface area contributed by atoms with Crippen LogP contribution in [0.5, 0.6) is 5.75 Å². The van der Waals surface area contributed by atoms with Crippen LogP contribution in [0.4, 0.5) is 0 Å². The molecular weight excluding hydrogens is 166 g/mol. The average Bonchev–Trinajstić information content (AvgIpc) is 2.18. The van der Waals surface area contributed by atoms with Gasteiger partial charge in [0.15, 0.2) is 0 Å². The molecule has 0 spiro atoms. The van der Waals surface area contributed by atoms with Crippen molar-refractivity contribution < 1.29 is 9.57 Å². The molecule has 0 fully saturated rings. The fourth-order valence-electron chi connectivity index (χ4n) is 1.23. The number of nitrogens with two attached hydrogens (primary N) is 1. The number of benzene rings is 1. The monoisotopic (exact) mass is 181 g/mol. The first kappa shape index (κ1) is 10.0. The molecule has 2 N–H and O–H groups in total. The van der Waals surface area contributed by atoms with E-state index in [1.54, 1.807) is 7.11 Å². The van der Waals surface area contributed by atoms with Crippen LogP contribution in [-0.2, 0) is 11.3 Å². The molecule has 0 bridgehead atoms. The Morgan fingerprint density at radius 1 is 1.38 bits per heavy atom. The molecule has 0 amide bonds.